The molecule has 106 valence electrons. The molecule has 0 radical (unpaired) electrons. The Bertz CT molecular complexity index is 258. The van der Waals surface area contributed by atoms with Gasteiger partial charge in [0, 0.05) is 24.5 Å². The molecule has 4 nitrogen and oxygen atoms in total. The van der Waals surface area contributed by atoms with Crippen LogP contribution in [0.3, 0.4) is 0 Å². The van der Waals surface area contributed by atoms with Gasteiger partial charge in [-0.05, 0) is 39.3 Å². The Balaban J connectivity index is 2.39. The Kier molecular flexibility index (Phi) is 6.09. The summed E-state index contributed by atoms with van der Waals surface area (Å²) in [5.41, 5.74) is 5.93. The van der Waals surface area contributed by atoms with Crippen molar-refractivity contribution in [3.63, 3.8) is 0 Å². The minimum absolute atomic E-state index is 0.128. The first-order chi connectivity index (χ1) is 8.41. The fraction of sp³-hybridized carbons (Fsp3) is 0.929. The highest BCUT2D eigenvalue weighted by Gasteiger charge is 2.26. The largest absolute Gasteiger partial charge is 0.354 e. The molecule has 0 heterocycles. The second kappa shape index (κ2) is 7.10. The smallest absolute Gasteiger partial charge is 0.223 e. The summed E-state index contributed by atoms with van der Waals surface area (Å²) in [5.74, 6) is 0.857. The number of nitrogens with one attached hydrogen (secondary N) is 1. The van der Waals surface area contributed by atoms with Crippen LogP contribution >= 0.6 is 0 Å². The lowest BCUT2D eigenvalue weighted by Gasteiger charge is -2.30. The van der Waals surface area contributed by atoms with Gasteiger partial charge in [-0.25, -0.2) is 0 Å². The van der Waals surface area contributed by atoms with E-state index in [0.717, 1.165) is 32.2 Å². The van der Waals surface area contributed by atoms with Gasteiger partial charge in [-0.2, -0.15) is 0 Å². The topological polar surface area (TPSA) is 58.4 Å². The van der Waals surface area contributed by atoms with Gasteiger partial charge < -0.3 is 16.0 Å². The van der Waals surface area contributed by atoms with Crippen molar-refractivity contribution in [1.82, 2.24) is 10.2 Å². The average Bonchev–Trinajstić information content (AvgIpc) is 2.28. The maximum Gasteiger partial charge on any atom is 0.223 e. The second-order valence-electron chi connectivity index (χ2n) is 6.14. The molecule has 3 N–H and O–H groups in total. The Morgan fingerprint density at radius 3 is 2.56 bits per heavy atom. The molecule has 4 heteroatoms. The SMILES string of the molecule is CC(C)C(CNC(=O)C1CCCC(N)C1)N(C)C. The van der Waals surface area contributed by atoms with Gasteiger partial charge in [-0.15, -0.1) is 0 Å². The minimum atomic E-state index is 0.128. The maximum absolute atomic E-state index is 12.1. The summed E-state index contributed by atoms with van der Waals surface area (Å²) in [7, 11) is 4.13. The first kappa shape index (κ1) is 15.4. The number of carbonyl (C=O) groups excluding carboxylic acids is 1. The van der Waals surface area contributed by atoms with E-state index < -0.39 is 0 Å². The van der Waals surface area contributed by atoms with E-state index in [1.54, 1.807) is 0 Å². The van der Waals surface area contributed by atoms with E-state index in [2.05, 4.69) is 38.2 Å². The van der Waals surface area contributed by atoms with E-state index in [4.69, 9.17) is 5.73 Å². The third kappa shape index (κ3) is 4.58. The predicted molar refractivity (Wildman–Crippen MR) is 75.3 cm³/mol. The van der Waals surface area contributed by atoms with Crippen LogP contribution in [0.15, 0.2) is 0 Å². The Morgan fingerprint density at radius 2 is 2.06 bits per heavy atom. The lowest BCUT2D eigenvalue weighted by molar-refractivity contribution is -0.126. The second-order valence-corrected chi connectivity index (χ2v) is 6.14. The van der Waals surface area contributed by atoms with Gasteiger partial charge in [0.2, 0.25) is 5.91 Å². The van der Waals surface area contributed by atoms with Crippen LogP contribution in [0.5, 0.6) is 0 Å². The van der Waals surface area contributed by atoms with Crippen molar-refractivity contribution in [1.29, 1.82) is 0 Å². The summed E-state index contributed by atoms with van der Waals surface area (Å²) in [6.45, 7) is 5.11. The van der Waals surface area contributed by atoms with Crippen molar-refractivity contribution in [3.05, 3.63) is 0 Å². The minimum Gasteiger partial charge on any atom is -0.354 e. The maximum atomic E-state index is 12.1. The summed E-state index contributed by atoms with van der Waals surface area (Å²) in [6.07, 6.45) is 3.99. The molecule has 0 aliphatic heterocycles. The lowest BCUT2D eigenvalue weighted by atomic mass is 9.85. The van der Waals surface area contributed by atoms with Gasteiger partial charge in [-0.3, -0.25) is 4.79 Å². The quantitative estimate of drug-likeness (QED) is 0.776. The fourth-order valence-corrected chi connectivity index (χ4v) is 2.83. The molecule has 0 saturated heterocycles. The number of hydrogen-bond donors (Lipinski definition) is 2. The van der Waals surface area contributed by atoms with E-state index in [1.807, 2.05) is 0 Å². The molecule has 1 rings (SSSR count). The van der Waals surface area contributed by atoms with E-state index in [1.165, 1.54) is 0 Å². The van der Waals surface area contributed by atoms with Crippen molar-refractivity contribution >= 4 is 5.91 Å². The van der Waals surface area contributed by atoms with Crippen LogP contribution in [-0.4, -0.2) is 43.5 Å². The van der Waals surface area contributed by atoms with E-state index in [-0.39, 0.29) is 17.9 Å². The third-order valence-electron chi connectivity index (χ3n) is 4.00. The zero-order valence-corrected chi connectivity index (χ0v) is 12.3. The zero-order valence-electron chi connectivity index (χ0n) is 12.3. The average molecular weight is 255 g/mol. The molecular formula is C14H29N3O. The Hall–Kier alpha value is -0.610. The van der Waals surface area contributed by atoms with Gasteiger partial charge in [0.05, 0.1) is 0 Å². The van der Waals surface area contributed by atoms with Gasteiger partial charge in [0.1, 0.15) is 0 Å². The highest BCUT2D eigenvalue weighted by Crippen LogP contribution is 2.23. The van der Waals surface area contributed by atoms with Crippen molar-refractivity contribution in [2.45, 2.75) is 51.6 Å². The molecule has 1 amide bonds. The number of carbonyl (C=O) groups is 1. The van der Waals surface area contributed by atoms with Crippen LogP contribution < -0.4 is 11.1 Å². The molecule has 0 aromatic heterocycles. The molecule has 0 aromatic rings. The Labute approximate surface area is 111 Å². The molecule has 18 heavy (non-hydrogen) atoms. The monoisotopic (exact) mass is 255 g/mol. The number of rotatable bonds is 5. The van der Waals surface area contributed by atoms with E-state index in [0.29, 0.717) is 12.0 Å². The van der Waals surface area contributed by atoms with E-state index >= 15 is 0 Å². The molecule has 3 atom stereocenters. The molecule has 0 aromatic carbocycles. The summed E-state index contributed by atoms with van der Waals surface area (Å²) in [5, 5.41) is 3.10. The number of likely N-dealkylation sites (N-methyl/N-ethyl adjacent to an activating group) is 1. The summed E-state index contributed by atoms with van der Waals surface area (Å²) < 4.78 is 0. The molecular weight excluding hydrogens is 226 g/mol. The number of nitrogens with zero attached hydrogens (tertiary/aromatic N) is 1. The van der Waals surface area contributed by atoms with Crippen molar-refractivity contribution in [2.24, 2.45) is 17.6 Å². The zero-order chi connectivity index (χ0) is 13.7. The van der Waals surface area contributed by atoms with Crippen LogP contribution in [0.25, 0.3) is 0 Å². The molecule has 1 aliphatic rings. The van der Waals surface area contributed by atoms with Crippen LogP contribution in [0.4, 0.5) is 0 Å². The van der Waals surface area contributed by atoms with Crippen molar-refractivity contribution < 1.29 is 4.79 Å². The van der Waals surface area contributed by atoms with Gasteiger partial charge in [-0.1, -0.05) is 20.3 Å². The van der Waals surface area contributed by atoms with Crippen LogP contribution in [0, 0.1) is 11.8 Å². The number of hydrogen-bond acceptors (Lipinski definition) is 3. The van der Waals surface area contributed by atoms with Crippen LogP contribution in [0.2, 0.25) is 0 Å². The number of amides is 1. The van der Waals surface area contributed by atoms with Gasteiger partial charge >= 0.3 is 0 Å². The van der Waals surface area contributed by atoms with Crippen LogP contribution in [0.1, 0.15) is 39.5 Å². The first-order valence-corrected chi connectivity index (χ1v) is 7.11. The molecule has 1 aliphatic carbocycles. The highest BCUT2D eigenvalue weighted by molar-refractivity contribution is 5.78. The number of nitrogens with two attached hydrogens (primary N) is 1. The Morgan fingerprint density at radius 1 is 1.39 bits per heavy atom. The van der Waals surface area contributed by atoms with Gasteiger partial charge in [0.25, 0.3) is 0 Å². The molecule has 1 saturated carbocycles. The van der Waals surface area contributed by atoms with Gasteiger partial charge in [0.15, 0.2) is 0 Å². The predicted octanol–water partition coefficient (Wildman–Crippen LogP) is 1.21. The fourth-order valence-electron chi connectivity index (χ4n) is 2.83. The molecule has 1 fully saturated rings. The van der Waals surface area contributed by atoms with Crippen LogP contribution in [-0.2, 0) is 4.79 Å². The van der Waals surface area contributed by atoms with Crippen molar-refractivity contribution in [2.75, 3.05) is 20.6 Å². The molecule has 0 bridgehead atoms. The summed E-state index contributed by atoms with van der Waals surface area (Å²) in [4.78, 5) is 14.3. The lowest BCUT2D eigenvalue weighted by Crippen LogP contribution is -2.46. The van der Waals surface area contributed by atoms with E-state index in [9.17, 15) is 4.79 Å². The molecule has 3 unspecified atom stereocenters. The summed E-state index contributed by atoms with van der Waals surface area (Å²) >= 11 is 0. The first-order valence-electron chi connectivity index (χ1n) is 7.11. The third-order valence-corrected chi connectivity index (χ3v) is 4.00. The molecule has 0 spiro atoms. The standard InChI is InChI=1S/C14H29N3O/c1-10(2)13(17(3)4)9-16-14(18)11-6-5-7-12(15)8-11/h10-13H,5-9,15H2,1-4H3,(H,16,18). The van der Waals surface area contributed by atoms with Crippen molar-refractivity contribution in [3.8, 4) is 0 Å². The normalized spacial score (nSPS) is 26.4. The highest BCUT2D eigenvalue weighted by atomic mass is 16.1. The summed E-state index contributed by atoms with van der Waals surface area (Å²) in [6, 6.07) is 0.607.